The van der Waals surface area contributed by atoms with Gasteiger partial charge in [0.05, 0.1) is 19.6 Å². The largest absolute Gasteiger partial charge is 0.480 e. The van der Waals surface area contributed by atoms with E-state index < -0.39 is 17.9 Å². The van der Waals surface area contributed by atoms with Crippen molar-refractivity contribution in [2.75, 3.05) is 99.2 Å². The summed E-state index contributed by atoms with van der Waals surface area (Å²) < 4.78 is 0. The second-order valence-corrected chi connectivity index (χ2v) is 7.62. The molecule has 0 unspecified atom stereocenters. The van der Waals surface area contributed by atoms with Gasteiger partial charge in [0.15, 0.2) is 0 Å². The van der Waals surface area contributed by atoms with Gasteiger partial charge in [-0.2, -0.15) is 0 Å². The molecule has 0 aromatic heterocycles. The highest BCUT2D eigenvalue weighted by molar-refractivity contribution is 5.69. The molecule has 1 saturated heterocycles. The van der Waals surface area contributed by atoms with E-state index in [4.69, 9.17) is 0 Å². The van der Waals surface area contributed by atoms with Crippen LogP contribution in [0.5, 0.6) is 0 Å². The highest BCUT2D eigenvalue weighted by Gasteiger charge is 2.18. The van der Waals surface area contributed by atoms with Crippen LogP contribution in [-0.2, 0) is 14.4 Å². The standard InChI is InChI=1S/C18H35N5O6/c1-19-3-4-20(2)6-8-22(14-17(26)27)10-12-23(15-18(28)29)11-9-21(7-5-19)13-16(24)25/h3-15H2,1-2H3,(H,24,25)(H,26,27)(H,28,29). The summed E-state index contributed by atoms with van der Waals surface area (Å²) in [5.74, 6) is -2.79. The Morgan fingerprint density at radius 3 is 0.966 bits per heavy atom. The molecule has 0 saturated carbocycles. The van der Waals surface area contributed by atoms with E-state index in [0.717, 1.165) is 13.1 Å². The third-order valence-corrected chi connectivity index (χ3v) is 5.00. The predicted octanol–water partition coefficient (Wildman–Crippen LogP) is -1.98. The maximum Gasteiger partial charge on any atom is 0.317 e. The van der Waals surface area contributed by atoms with E-state index in [9.17, 15) is 29.7 Å². The molecule has 29 heavy (non-hydrogen) atoms. The smallest absolute Gasteiger partial charge is 0.317 e. The maximum atomic E-state index is 11.2. The van der Waals surface area contributed by atoms with E-state index in [1.807, 2.05) is 23.9 Å². The van der Waals surface area contributed by atoms with Gasteiger partial charge in [0.25, 0.3) is 0 Å². The molecule has 0 aromatic rings. The molecule has 1 heterocycles. The number of carboxylic acid groups (broad SMARTS) is 3. The third-order valence-electron chi connectivity index (χ3n) is 5.00. The zero-order valence-corrected chi connectivity index (χ0v) is 17.5. The Hall–Kier alpha value is -1.79. The summed E-state index contributed by atoms with van der Waals surface area (Å²) in [5.41, 5.74) is 0. The van der Waals surface area contributed by atoms with Gasteiger partial charge in [-0.05, 0) is 14.1 Å². The fourth-order valence-electron chi connectivity index (χ4n) is 3.14. The van der Waals surface area contributed by atoms with Crippen LogP contribution in [0.4, 0.5) is 0 Å². The van der Waals surface area contributed by atoms with Crippen LogP contribution in [0.2, 0.25) is 0 Å². The lowest BCUT2D eigenvalue weighted by Gasteiger charge is -2.28. The maximum absolute atomic E-state index is 11.2. The molecule has 0 radical (unpaired) electrons. The summed E-state index contributed by atoms with van der Waals surface area (Å²) >= 11 is 0. The second kappa shape index (κ2) is 13.4. The van der Waals surface area contributed by atoms with E-state index >= 15 is 0 Å². The van der Waals surface area contributed by atoms with Crippen LogP contribution in [0.3, 0.4) is 0 Å². The quantitative estimate of drug-likeness (QED) is 0.445. The molecule has 168 valence electrons. The van der Waals surface area contributed by atoms with Gasteiger partial charge in [0.2, 0.25) is 0 Å². The molecule has 1 fully saturated rings. The van der Waals surface area contributed by atoms with Crippen molar-refractivity contribution < 1.29 is 29.7 Å². The normalized spacial score (nSPS) is 21.3. The fourth-order valence-corrected chi connectivity index (χ4v) is 3.14. The topological polar surface area (TPSA) is 128 Å². The molecule has 3 N–H and O–H groups in total. The van der Waals surface area contributed by atoms with E-state index in [2.05, 4.69) is 9.80 Å². The highest BCUT2D eigenvalue weighted by Crippen LogP contribution is 1.99. The summed E-state index contributed by atoms with van der Waals surface area (Å²) in [4.78, 5) is 43.2. The van der Waals surface area contributed by atoms with Gasteiger partial charge >= 0.3 is 17.9 Å². The van der Waals surface area contributed by atoms with Gasteiger partial charge in [-0.1, -0.05) is 0 Å². The molecule has 0 bridgehead atoms. The minimum Gasteiger partial charge on any atom is -0.480 e. The van der Waals surface area contributed by atoms with Gasteiger partial charge < -0.3 is 25.1 Å². The van der Waals surface area contributed by atoms with E-state index in [0.29, 0.717) is 52.4 Å². The third kappa shape index (κ3) is 12.4. The molecule has 11 heteroatoms. The molecule has 0 spiro atoms. The van der Waals surface area contributed by atoms with Crippen LogP contribution >= 0.6 is 0 Å². The SMILES string of the molecule is CN1CCN(C)CCN(CC(=O)O)CCN(CC(=O)O)CCN(CC(=O)O)CC1. The molecular weight excluding hydrogens is 382 g/mol. The fraction of sp³-hybridized carbons (Fsp3) is 0.833. The Balaban J connectivity index is 2.88. The number of rotatable bonds is 6. The van der Waals surface area contributed by atoms with Crippen LogP contribution < -0.4 is 0 Å². The number of hydrogen-bond donors (Lipinski definition) is 3. The van der Waals surface area contributed by atoms with Crippen molar-refractivity contribution >= 4 is 17.9 Å². The first kappa shape index (κ1) is 25.2. The summed E-state index contributed by atoms with van der Waals surface area (Å²) in [5, 5.41) is 27.5. The number of carbonyl (C=O) groups is 3. The van der Waals surface area contributed by atoms with Crippen LogP contribution in [0.1, 0.15) is 0 Å². The zero-order chi connectivity index (χ0) is 21.8. The number of hydrogen-bond acceptors (Lipinski definition) is 8. The van der Waals surface area contributed by atoms with Gasteiger partial charge in [-0.15, -0.1) is 0 Å². The summed E-state index contributed by atoms with van der Waals surface area (Å²) in [7, 11) is 3.97. The minimum atomic E-state index is -0.961. The van der Waals surface area contributed by atoms with Crippen LogP contribution in [-0.4, -0.2) is 157 Å². The first-order chi connectivity index (χ1) is 13.7. The Morgan fingerprint density at radius 2 is 0.724 bits per heavy atom. The Labute approximate surface area is 172 Å². The minimum absolute atomic E-state index is 0.0974. The predicted molar refractivity (Wildman–Crippen MR) is 107 cm³/mol. The van der Waals surface area contributed by atoms with Crippen LogP contribution in [0.15, 0.2) is 0 Å². The molecule has 1 rings (SSSR count). The van der Waals surface area contributed by atoms with Crippen LogP contribution in [0.25, 0.3) is 0 Å². The molecule has 0 aliphatic carbocycles. The molecule has 11 nitrogen and oxygen atoms in total. The lowest BCUT2D eigenvalue weighted by atomic mass is 10.3. The van der Waals surface area contributed by atoms with Gasteiger partial charge in [-0.25, -0.2) is 0 Å². The first-order valence-electron chi connectivity index (χ1n) is 9.85. The number of carboxylic acids is 3. The van der Waals surface area contributed by atoms with Crippen molar-refractivity contribution in [3.8, 4) is 0 Å². The van der Waals surface area contributed by atoms with Crippen molar-refractivity contribution in [3.05, 3.63) is 0 Å². The van der Waals surface area contributed by atoms with Gasteiger partial charge in [0, 0.05) is 65.4 Å². The summed E-state index contributed by atoms with van der Waals surface area (Å²) in [6.45, 7) is 5.56. The number of likely N-dealkylation sites (N-methyl/N-ethyl adjacent to an activating group) is 2. The Bertz CT molecular complexity index is 497. The van der Waals surface area contributed by atoms with Gasteiger partial charge in [-0.3, -0.25) is 29.1 Å². The zero-order valence-electron chi connectivity index (χ0n) is 17.5. The van der Waals surface area contributed by atoms with Crippen molar-refractivity contribution in [1.29, 1.82) is 0 Å². The van der Waals surface area contributed by atoms with Crippen molar-refractivity contribution in [3.63, 3.8) is 0 Å². The van der Waals surface area contributed by atoms with Crippen LogP contribution in [0, 0.1) is 0 Å². The average molecular weight is 418 g/mol. The number of aliphatic carboxylic acids is 3. The Kier molecular flexibility index (Phi) is 11.7. The van der Waals surface area contributed by atoms with Crippen molar-refractivity contribution in [2.24, 2.45) is 0 Å². The molecular formula is C18H35N5O6. The molecule has 0 atom stereocenters. The Morgan fingerprint density at radius 1 is 0.517 bits per heavy atom. The lowest BCUT2D eigenvalue weighted by molar-refractivity contribution is -0.140. The van der Waals surface area contributed by atoms with E-state index in [1.165, 1.54) is 0 Å². The van der Waals surface area contributed by atoms with E-state index in [1.54, 1.807) is 4.90 Å². The monoisotopic (exact) mass is 417 g/mol. The second-order valence-electron chi connectivity index (χ2n) is 7.62. The molecule has 0 amide bonds. The van der Waals surface area contributed by atoms with Crippen molar-refractivity contribution in [1.82, 2.24) is 24.5 Å². The summed E-state index contributed by atoms with van der Waals surface area (Å²) in [6, 6.07) is 0. The molecule has 0 aromatic carbocycles. The molecule has 1 aliphatic heterocycles. The number of nitrogens with zero attached hydrogens (tertiary/aromatic N) is 5. The van der Waals surface area contributed by atoms with E-state index in [-0.39, 0.29) is 19.6 Å². The highest BCUT2D eigenvalue weighted by atomic mass is 16.4. The molecule has 1 aliphatic rings. The lowest BCUT2D eigenvalue weighted by Crippen LogP contribution is -2.45. The van der Waals surface area contributed by atoms with Crippen molar-refractivity contribution in [2.45, 2.75) is 0 Å². The first-order valence-corrected chi connectivity index (χ1v) is 9.85. The summed E-state index contributed by atoms with van der Waals surface area (Å²) in [6.07, 6.45) is 0. The average Bonchev–Trinajstić information content (AvgIpc) is 2.62. The van der Waals surface area contributed by atoms with Gasteiger partial charge in [0.1, 0.15) is 0 Å².